The van der Waals surface area contributed by atoms with Crippen LogP contribution in [0.25, 0.3) is 0 Å². The first kappa shape index (κ1) is 17.7. The number of hydrogen-bond acceptors (Lipinski definition) is 4. The second-order valence-corrected chi connectivity index (χ2v) is 7.21. The standard InChI is InChI=1S/C15H23N3O4S/c1-2-3-8-16-15(19)17-13-4-6-14(7-5-13)23(20,21)18-9-11-22-12-10-18/h4-7H,2-3,8-12H2,1H3,(H2,16,17,19). The first-order valence-corrected chi connectivity index (χ1v) is 9.21. The normalized spacial score (nSPS) is 16.0. The average molecular weight is 341 g/mol. The van der Waals surface area contributed by atoms with Gasteiger partial charge in [-0.3, -0.25) is 0 Å². The summed E-state index contributed by atoms with van der Waals surface area (Å²) in [5.41, 5.74) is 0.555. The predicted octanol–water partition coefficient (Wildman–Crippen LogP) is 1.63. The second kappa shape index (κ2) is 8.28. The summed E-state index contributed by atoms with van der Waals surface area (Å²) in [5.74, 6) is 0. The van der Waals surface area contributed by atoms with Crippen LogP contribution in [0.1, 0.15) is 19.8 Å². The van der Waals surface area contributed by atoms with Gasteiger partial charge in [-0.25, -0.2) is 13.2 Å². The largest absolute Gasteiger partial charge is 0.379 e. The molecular formula is C15H23N3O4S. The first-order chi connectivity index (χ1) is 11.0. The van der Waals surface area contributed by atoms with E-state index in [9.17, 15) is 13.2 Å². The fourth-order valence-corrected chi connectivity index (χ4v) is 3.61. The molecule has 2 rings (SSSR count). The van der Waals surface area contributed by atoms with Crippen LogP contribution >= 0.6 is 0 Å². The molecule has 1 aliphatic rings. The Morgan fingerprint density at radius 1 is 1.22 bits per heavy atom. The molecule has 7 nitrogen and oxygen atoms in total. The summed E-state index contributed by atoms with van der Waals surface area (Å²) < 4.78 is 31.5. The number of benzene rings is 1. The van der Waals surface area contributed by atoms with Crippen molar-refractivity contribution >= 4 is 21.7 Å². The zero-order valence-electron chi connectivity index (χ0n) is 13.2. The van der Waals surface area contributed by atoms with E-state index in [2.05, 4.69) is 10.6 Å². The first-order valence-electron chi connectivity index (χ1n) is 7.77. The van der Waals surface area contributed by atoms with E-state index in [0.717, 1.165) is 12.8 Å². The Labute approximate surface area is 137 Å². The van der Waals surface area contributed by atoms with Gasteiger partial charge in [-0.05, 0) is 30.7 Å². The lowest BCUT2D eigenvalue weighted by molar-refractivity contribution is 0.0730. The fraction of sp³-hybridized carbons (Fsp3) is 0.533. The Kier molecular flexibility index (Phi) is 6.37. The van der Waals surface area contributed by atoms with Crippen LogP contribution in [0.3, 0.4) is 0 Å². The number of amides is 2. The number of carbonyl (C=O) groups is 1. The van der Waals surface area contributed by atoms with E-state index in [1.807, 2.05) is 6.92 Å². The predicted molar refractivity (Wildman–Crippen MR) is 87.9 cm³/mol. The van der Waals surface area contributed by atoms with E-state index in [4.69, 9.17) is 4.74 Å². The van der Waals surface area contributed by atoms with Gasteiger partial charge in [-0.2, -0.15) is 4.31 Å². The monoisotopic (exact) mass is 341 g/mol. The minimum absolute atomic E-state index is 0.219. The molecule has 0 bridgehead atoms. The number of carbonyl (C=O) groups excluding carboxylic acids is 1. The molecule has 1 aromatic rings. The summed E-state index contributed by atoms with van der Waals surface area (Å²) in [4.78, 5) is 11.9. The highest BCUT2D eigenvalue weighted by atomic mass is 32.2. The van der Waals surface area contributed by atoms with Crippen molar-refractivity contribution in [3.63, 3.8) is 0 Å². The van der Waals surface area contributed by atoms with Crippen molar-refractivity contribution in [2.45, 2.75) is 24.7 Å². The van der Waals surface area contributed by atoms with Gasteiger partial charge in [0, 0.05) is 25.3 Å². The molecule has 2 N–H and O–H groups in total. The number of nitrogens with one attached hydrogen (secondary N) is 2. The molecule has 0 saturated carbocycles. The van der Waals surface area contributed by atoms with E-state index in [1.165, 1.54) is 16.4 Å². The van der Waals surface area contributed by atoms with Crippen LogP contribution in [0.5, 0.6) is 0 Å². The van der Waals surface area contributed by atoms with Crippen LogP contribution in [0.4, 0.5) is 10.5 Å². The second-order valence-electron chi connectivity index (χ2n) is 5.28. The number of unbranched alkanes of at least 4 members (excludes halogenated alkanes) is 1. The van der Waals surface area contributed by atoms with E-state index < -0.39 is 10.0 Å². The molecule has 0 unspecified atom stereocenters. The molecule has 2 amide bonds. The Morgan fingerprint density at radius 3 is 2.48 bits per heavy atom. The Bertz CT molecular complexity index is 610. The summed E-state index contributed by atoms with van der Waals surface area (Å²) >= 11 is 0. The van der Waals surface area contributed by atoms with Gasteiger partial charge in [0.25, 0.3) is 0 Å². The summed E-state index contributed by atoms with van der Waals surface area (Å²) in [6, 6.07) is 5.90. The maximum atomic E-state index is 12.5. The zero-order valence-corrected chi connectivity index (χ0v) is 14.1. The molecule has 23 heavy (non-hydrogen) atoms. The molecule has 1 aliphatic heterocycles. The van der Waals surface area contributed by atoms with E-state index in [-0.39, 0.29) is 10.9 Å². The van der Waals surface area contributed by atoms with Crippen molar-refractivity contribution < 1.29 is 17.9 Å². The summed E-state index contributed by atoms with van der Waals surface area (Å²) in [6.07, 6.45) is 1.93. The molecule has 1 fully saturated rings. The van der Waals surface area contributed by atoms with E-state index >= 15 is 0 Å². The van der Waals surface area contributed by atoms with Crippen molar-refractivity contribution in [1.29, 1.82) is 0 Å². The molecule has 1 heterocycles. The van der Waals surface area contributed by atoms with Gasteiger partial charge in [0.1, 0.15) is 0 Å². The highest BCUT2D eigenvalue weighted by molar-refractivity contribution is 7.89. The van der Waals surface area contributed by atoms with Gasteiger partial charge >= 0.3 is 6.03 Å². The highest BCUT2D eigenvalue weighted by Gasteiger charge is 2.26. The molecule has 0 aliphatic carbocycles. The summed E-state index contributed by atoms with van der Waals surface area (Å²) in [6.45, 7) is 4.22. The Balaban J connectivity index is 1.97. The van der Waals surface area contributed by atoms with E-state index in [0.29, 0.717) is 38.5 Å². The number of ether oxygens (including phenoxy) is 1. The third-order valence-corrected chi connectivity index (χ3v) is 5.45. The molecule has 0 spiro atoms. The van der Waals surface area contributed by atoms with Crippen molar-refractivity contribution in [1.82, 2.24) is 9.62 Å². The van der Waals surface area contributed by atoms with Crippen molar-refractivity contribution in [2.24, 2.45) is 0 Å². The maximum Gasteiger partial charge on any atom is 0.319 e. The molecule has 128 valence electrons. The number of rotatable bonds is 6. The number of urea groups is 1. The number of anilines is 1. The number of nitrogens with zero attached hydrogens (tertiary/aromatic N) is 1. The fourth-order valence-electron chi connectivity index (χ4n) is 2.20. The van der Waals surface area contributed by atoms with Gasteiger partial charge in [-0.1, -0.05) is 13.3 Å². The van der Waals surface area contributed by atoms with E-state index in [1.54, 1.807) is 12.1 Å². The third kappa shape index (κ3) is 4.92. The molecule has 8 heteroatoms. The minimum atomic E-state index is -3.50. The lowest BCUT2D eigenvalue weighted by Crippen LogP contribution is -2.40. The number of morpholine rings is 1. The molecule has 0 radical (unpaired) electrons. The Hall–Kier alpha value is -1.64. The summed E-state index contributed by atoms with van der Waals surface area (Å²) in [7, 11) is -3.50. The minimum Gasteiger partial charge on any atom is -0.379 e. The third-order valence-electron chi connectivity index (χ3n) is 3.54. The lowest BCUT2D eigenvalue weighted by Gasteiger charge is -2.26. The van der Waals surface area contributed by atoms with Gasteiger partial charge < -0.3 is 15.4 Å². The van der Waals surface area contributed by atoms with Crippen LogP contribution in [-0.4, -0.2) is 51.6 Å². The van der Waals surface area contributed by atoms with Gasteiger partial charge in [0.05, 0.1) is 18.1 Å². The molecule has 0 aromatic heterocycles. The molecular weight excluding hydrogens is 318 g/mol. The molecule has 1 aromatic carbocycles. The average Bonchev–Trinajstić information content (AvgIpc) is 2.56. The molecule has 1 saturated heterocycles. The van der Waals surface area contributed by atoms with Crippen molar-refractivity contribution in [3.05, 3.63) is 24.3 Å². The lowest BCUT2D eigenvalue weighted by atomic mass is 10.3. The SMILES string of the molecule is CCCCNC(=O)Nc1ccc(S(=O)(=O)N2CCOCC2)cc1. The number of hydrogen-bond donors (Lipinski definition) is 2. The summed E-state index contributed by atoms with van der Waals surface area (Å²) in [5, 5.41) is 5.42. The van der Waals surface area contributed by atoms with Crippen LogP contribution in [0, 0.1) is 0 Å². The smallest absolute Gasteiger partial charge is 0.319 e. The van der Waals surface area contributed by atoms with Crippen LogP contribution in [0.2, 0.25) is 0 Å². The van der Waals surface area contributed by atoms with Gasteiger partial charge in [0.2, 0.25) is 10.0 Å². The molecule has 0 atom stereocenters. The maximum absolute atomic E-state index is 12.5. The highest BCUT2D eigenvalue weighted by Crippen LogP contribution is 2.19. The van der Waals surface area contributed by atoms with Crippen LogP contribution < -0.4 is 10.6 Å². The van der Waals surface area contributed by atoms with Gasteiger partial charge in [0.15, 0.2) is 0 Å². The number of sulfonamides is 1. The topological polar surface area (TPSA) is 87.7 Å². The quantitative estimate of drug-likeness (QED) is 0.770. The van der Waals surface area contributed by atoms with Crippen molar-refractivity contribution in [3.8, 4) is 0 Å². The van der Waals surface area contributed by atoms with Crippen LogP contribution in [0.15, 0.2) is 29.2 Å². The van der Waals surface area contributed by atoms with Crippen LogP contribution in [-0.2, 0) is 14.8 Å². The zero-order chi connectivity index (χ0) is 16.7. The Morgan fingerprint density at radius 2 is 1.87 bits per heavy atom. The van der Waals surface area contributed by atoms with Gasteiger partial charge in [-0.15, -0.1) is 0 Å². The van der Waals surface area contributed by atoms with Crippen molar-refractivity contribution in [2.75, 3.05) is 38.2 Å².